The lowest BCUT2D eigenvalue weighted by atomic mass is 9.86. The largest absolute Gasteiger partial charge is 0.508 e. The standard InChI is InChI=1S/C16H20NO7P/c18-12-5-3-11(4-6-12)2-1-9-16(20,21)14-8-7-13(19)10-15(14)17-25(22,23)24/h3-8,10,14,18-21H,1-2,9H2,(H2,22,23,24)/b17-15+. The van der Waals surface area contributed by atoms with E-state index in [0.29, 0.717) is 12.8 Å². The lowest BCUT2D eigenvalue weighted by molar-refractivity contribution is -0.179. The zero-order valence-electron chi connectivity index (χ0n) is 13.2. The predicted octanol–water partition coefficient (Wildman–Crippen LogP) is 1.56. The van der Waals surface area contributed by atoms with Crippen LogP contribution in [-0.4, -0.2) is 41.7 Å². The van der Waals surface area contributed by atoms with Gasteiger partial charge in [0.15, 0.2) is 5.79 Å². The molecular weight excluding hydrogens is 349 g/mol. The van der Waals surface area contributed by atoms with Gasteiger partial charge in [-0.25, -0.2) is 4.57 Å². The molecule has 2 rings (SSSR count). The minimum Gasteiger partial charge on any atom is -0.508 e. The van der Waals surface area contributed by atoms with Crippen molar-refractivity contribution in [2.24, 2.45) is 10.7 Å². The van der Waals surface area contributed by atoms with Gasteiger partial charge < -0.3 is 30.2 Å². The monoisotopic (exact) mass is 369 g/mol. The molecule has 0 amide bonds. The second-order valence-electron chi connectivity index (χ2n) is 5.84. The topological polar surface area (TPSA) is 151 Å². The number of aromatic hydroxyl groups is 1. The van der Waals surface area contributed by atoms with Gasteiger partial charge in [0.2, 0.25) is 0 Å². The van der Waals surface area contributed by atoms with Gasteiger partial charge in [0.25, 0.3) is 0 Å². The Balaban J connectivity index is 2.08. The zero-order valence-corrected chi connectivity index (χ0v) is 14.1. The van der Waals surface area contributed by atoms with E-state index < -0.39 is 19.5 Å². The van der Waals surface area contributed by atoms with Crippen molar-refractivity contribution < 1.29 is 34.8 Å². The molecule has 1 aliphatic rings. The summed E-state index contributed by atoms with van der Waals surface area (Å²) in [7, 11) is -4.79. The first kappa shape index (κ1) is 19.4. The van der Waals surface area contributed by atoms with Crippen molar-refractivity contribution in [3.8, 4) is 5.75 Å². The van der Waals surface area contributed by atoms with E-state index in [4.69, 9.17) is 9.79 Å². The summed E-state index contributed by atoms with van der Waals surface area (Å²) in [6.07, 6.45) is 4.25. The van der Waals surface area contributed by atoms with Crippen molar-refractivity contribution >= 4 is 13.5 Å². The molecule has 0 radical (unpaired) electrons. The second-order valence-corrected chi connectivity index (χ2v) is 7.07. The fourth-order valence-corrected chi connectivity index (χ4v) is 3.07. The Morgan fingerprint density at radius 1 is 1.12 bits per heavy atom. The molecule has 1 aromatic carbocycles. The van der Waals surface area contributed by atoms with Gasteiger partial charge >= 0.3 is 7.75 Å². The average molecular weight is 369 g/mol. The minimum absolute atomic E-state index is 0.0857. The Bertz CT molecular complexity index is 746. The summed E-state index contributed by atoms with van der Waals surface area (Å²) in [5.74, 6) is -3.63. The van der Waals surface area contributed by atoms with Crippen molar-refractivity contribution in [1.82, 2.24) is 0 Å². The quantitative estimate of drug-likeness (QED) is 0.329. The minimum atomic E-state index is -4.79. The van der Waals surface area contributed by atoms with Crippen LogP contribution >= 0.6 is 7.75 Å². The van der Waals surface area contributed by atoms with E-state index in [0.717, 1.165) is 11.6 Å². The third-order valence-corrected chi connectivity index (χ3v) is 4.26. The molecule has 0 aromatic heterocycles. The number of phenols is 1. The van der Waals surface area contributed by atoms with Crippen LogP contribution in [0.5, 0.6) is 5.75 Å². The summed E-state index contributed by atoms with van der Waals surface area (Å²) >= 11 is 0. The summed E-state index contributed by atoms with van der Waals surface area (Å²) in [5, 5.41) is 39.4. The highest BCUT2D eigenvalue weighted by Gasteiger charge is 2.37. The van der Waals surface area contributed by atoms with Crippen molar-refractivity contribution in [3.63, 3.8) is 0 Å². The molecule has 25 heavy (non-hydrogen) atoms. The third-order valence-electron chi connectivity index (χ3n) is 3.76. The molecule has 1 unspecified atom stereocenters. The van der Waals surface area contributed by atoms with E-state index in [-0.39, 0.29) is 23.6 Å². The maximum Gasteiger partial charge on any atom is 0.448 e. The molecule has 1 aromatic rings. The molecule has 1 atom stereocenters. The number of phenolic OH excluding ortho intramolecular Hbond substituents is 1. The number of nitrogens with zero attached hydrogens (tertiary/aromatic N) is 1. The summed E-state index contributed by atoms with van der Waals surface area (Å²) in [6, 6.07) is 6.49. The number of aliphatic hydroxyl groups is 3. The molecule has 0 aliphatic heterocycles. The van der Waals surface area contributed by atoms with Gasteiger partial charge in [-0.2, -0.15) is 4.76 Å². The lowest BCUT2D eigenvalue weighted by Crippen LogP contribution is -2.41. The number of rotatable bonds is 6. The summed E-state index contributed by atoms with van der Waals surface area (Å²) in [5.41, 5.74) is 0.595. The number of allylic oxidation sites excluding steroid dienone is 2. The Kier molecular flexibility index (Phi) is 5.82. The highest BCUT2D eigenvalue weighted by Crippen LogP contribution is 2.39. The Labute approximate surface area is 144 Å². The Morgan fingerprint density at radius 3 is 2.36 bits per heavy atom. The van der Waals surface area contributed by atoms with Crippen LogP contribution in [0, 0.1) is 5.92 Å². The normalized spacial score (nSPS) is 19.9. The Hall–Kier alpha value is -1.96. The van der Waals surface area contributed by atoms with Gasteiger partial charge in [0.1, 0.15) is 11.5 Å². The molecule has 136 valence electrons. The number of aryl methyl sites for hydroxylation is 1. The molecule has 1 aliphatic carbocycles. The van der Waals surface area contributed by atoms with E-state index >= 15 is 0 Å². The maximum absolute atomic E-state index is 11.1. The molecule has 0 fully saturated rings. The van der Waals surface area contributed by atoms with Crippen molar-refractivity contribution in [3.05, 3.63) is 53.8 Å². The average Bonchev–Trinajstić information content (AvgIpc) is 2.47. The van der Waals surface area contributed by atoms with Crippen LogP contribution in [0.4, 0.5) is 0 Å². The molecule has 9 heteroatoms. The van der Waals surface area contributed by atoms with E-state index in [1.807, 2.05) is 0 Å². The van der Waals surface area contributed by atoms with E-state index in [2.05, 4.69) is 4.76 Å². The molecule has 0 saturated carbocycles. The van der Waals surface area contributed by atoms with Crippen LogP contribution in [0.2, 0.25) is 0 Å². The van der Waals surface area contributed by atoms with Crippen LogP contribution < -0.4 is 0 Å². The van der Waals surface area contributed by atoms with Crippen LogP contribution in [0.3, 0.4) is 0 Å². The molecule has 0 heterocycles. The predicted molar refractivity (Wildman–Crippen MR) is 91.0 cm³/mol. The smallest absolute Gasteiger partial charge is 0.448 e. The van der Waals surface area contributed by atoms with Crippen molar-refractivity contribution in [2.75, 3.05) is 0 Å². The summed E-state index contributed by atoms with van der Waals surface area (Å²) in [4.78, 5) is 18.0. The van der Waals surface area contributed by atoms with E-state index in [1.54, 1.807) is 12.1 Å². The van der Waals surface area contributed by atoms with E-state index in [9.17, 15) is 25.0 Å². The summed E-state index contributed by atoms with van der Waals surface area (Å²) in [6.45, 7) is 0. The molecule has 0 saturated heterocycles. The third kappa shape index (κ3) is 5.81. The first-order valence-corrected chi connectivity index (χ1v) is 9.10. The fourth-order valence-electron chi connectivity index (χ4n) is 2.59. The van der Waals surface area contributed by atoms with Gasteiger partial charge in [-0.05, 0) is 36.6 Å². The van der Waals surface area contributed by atoms with Gasteiger partial charge in [-0.1, -0.05) is 18.2 Å². The van der Waals surface area contributed by atoms with Gasteiger partial charge in [-0.3, -0.25) is 0 Å². The second kappa shape index (κ2) is 7.51. The summed E-state index contributed by atoms with van der Waals surface area (Å²) < 4.78 is 14.3. The highest BCUT2D eigenvalue weighted by molar-refractivity contribution is 7.50. The molecule has 6 N–H and O–H groups in total. The molecule has 8 nitrogen and oxygen atoms in total. The van der Waals surface area contributed by atoms with Gasteiger partial charge in [0, 0.05) is 12.5 Å². The van der Waals surface area contributed by atoms with Crippen molar-refractivity contribution in [2.45, 2.75) is 25.0 Å². The highest BCUT2D eigenvalue weighted by atomic mass is 31.2. The van der Waals surface area contributed by atoms with Gasteiger partial charge in [-0.15, -0.1) is 0 Å². The van der Waals surface area contributed by atoms with Crippen LogP contribution in [0.25, 0.3) is 0 Å². The first-order chi connectivity index (χ1) is 11.6. The van der Waals surface area contributed by atoms with Crippen LogP contribution in [0.15, 0.2) is 53.0 Å². The SMILES string of the molecule is O=P(O)(O)/N=C1\C=C(O)C=CC1C(O)(O)CCCc1ccc(O)cc1. The molecular formula is C16H20NO7P. The van der Waals surface area contributed by atoms with Crippen LogP contribution in [0.1, 0.15) is 18.4 Å². The first-order valence-electron chi connectivity index (χ1n) is 7.54. The van der Waals surface area contributed by atoms with Crippen molar-refractivity contribution in [1.29, 1.82) is 0 Å². The molecule has 0 bridgehead atoms. The Morgan fingerprint density at radius 2 is 1.76 bits per heavy atom. The number of hydrogen-bond donors (Lipinski definition) is 6. The number of benzene rings is 1. The maximum atomic E-state index is 11.1. The zero-order chi connectivity index (χ0) is 18.7. The van der Waals surface area contributed by atoms with Gasteiger partial charge in [0.05, 0.1) is 11.6 Å². The van der Waals surface area contributed by atoms with E-state index in [1.165, 1.54) is 24.3 Å². The fraction of sp³-hybridized carbons (Fsp3) is 0.312. The lowest BCUT2D eigenvalue weighted by Gasteiger charge is -2.31. The number of hydrogen-bond acceptors (Lipinski definition) is 5. The molecule has 0 spiro atoms. The number of aliphatic hydroxyl groups excluding tert-OH is 1. The van der Waals surface area contributed by atoms with Crippen LogP contribution in [-0.2, 0) is 11.0 Å².